The van der Waals surface area contributed by atoms with E-state index in [2.05, 4.69) is 15.6 Å². The molecule has 1 aromatic carbocycles. The van der Waals surface area contributed by atoms with E-state index >= 15 is 0 Å². The molecule has 0 aliphatic rings. The minimum Gasteiger partial charge on any atom is -0.480 e. The van der Waals surface area contributed by atoms with E-state index < -0.39 is 17.9 Å². The second-order valence-corrected chi connectivity index (χ2v) is 5.83. The van der Waals surface area contributed by atoms with Gasteiger partial charge >= 0.3 is 5.97 Å². The molecule has 3 N–H and O–H groups in total. The molecule has 6 nitrogen and oxygen atoms in total. The molecular weight excluding hydrogens is 353 g/mol. The molecule has 126 valence electrons. The maximum Gasteiger partial charge on any atom is 0.321 e. The van der Waals surface area contributed by atoms with Gasteiger partial charge in [-0.15, -0.1) is 0 Å². The molecule has 0 saturated heterocycles. The number of benzene rings is 1. The molecule has 0 spiro atoms. The Labute approximate surface area is 148 Å². The lowest BCUT2D eigenvalue weighted by atomic mass is 10.1. The zero-order valence-electron chi connectivity index (χ0n) is 12.7. The zero-order chi connectivity index (χ0) is 17.7. The molecule has 1 heterocycles. The summed E-state index contributed by atoms with van der Waals surface area (Å²) >= 11 is 11.9. The molecule has 0 fully saturated rings. The smallest absolute Gasteiger partial charge is 0.321 e. The van der Waals surface area contributed by atoms with Crippen molar-refractivity contribution in [2.45, 2.75) is 12.5 Å². The molecule has 8 heteroatoms. The van der Waals surface area contributed by atoms with Crippen LogP contribution in [0.1, 0.15) is 15.9 Å². The van der Waals surface area contributed by atoms with E-state index in [1.807, 2.05) is 0 Å². The maximum absolute atomic E-state index is 12.3. The van der Waals surface area contributed by atoms with Gasteiger partial charge in [0.05, 0.1) is 15.6 Å². The Morgan fingerprint density at radius 3 is 2.25 bits per heavy atom. The number of hydrogen-bond donors (Lipinski definition) is 3. The summed E-state index contributed by atoms with van der Waals surface area (Å²) < 4.78 is 0. The molecule has 0 bridgehead atoms. The van der Waals surface area contributed by atoms with Crippen molar-refractivity contribution in [3.05, 3.63) is 57.8 Å². The van der Waals surface area contributed by atoms with E-state index in [1.54, 1.807) is 31.3 Å². The number of likely N-dealkylation sites (N-methyl/N-ethyl adjacent to an activating group) is 1. The molecule has 0 aliphatic carbocycles. The second-order valence-electron chi connectivity index (χ2n) is 5.01. The van der Waals surface area contributed by atoms with Crippen LogP contribution in [0.15, 0.2) is 36.7 Å². The normalized spacial score (nSPS) is 11.8. The van der Waals surface area contributed by atoms with Crippen LogP contribution in [0.5, 0.6) is 0 Å². The first-order valence-electron chi connectivity index (χ1n) is 7.01. The summed E-state index contributed by atoms with van der Waals surface area (Å²) in [6, 6.07) is 6.20. The number of anilines is 1. The van der Waals surface area contributed by atoms with E-state index in [9.17, 15) is 9.59 Å². The molecule has 1 aromatic heterocycles. The number of hydrogen-bond acceptors (Lipinski definition) is 4. The van der Waals surface area contributed by atoms with Gasteiger partial charge in [0.1, 0.15) is 6.04 Å². The molecule has 0 radical (unpaired) electrons. The third-order valence-electron chi connectivity index (χ3n) is 3.38. The average molecular weight is 368 g/mol. The number of carboxylic acids is 1. The number of nitrogens with zero attached hydrogens (tertiary/aromatic N) is 1. The van der Waals surface area contributed by atoms with Crippen molar-refractivity contribution in [2.24, 2.45) is 0 Å². The van der Waals surface area contributed by atoms with Crippen molar-refractivity contribution < 1.29 is 14.7 Å². The van der Waals surface area contributed by atoms with E-state index in [4.69, 9.17) is 28.3 Å². The van der Waals surface area contributed by atoms with E-state index in [0.29, 0.717) is 12.1 Å². The third kappa shape index (κ3) is 4.44. The highest BCUT2D eigenvalue weighted by atomic mass is 35.5. The fourth-order valence-electron chi connectivity index (χ4n) is 2.09. The van der Waals surface area contributed by atoms with Gasteiger partial charge in [-0.2, -0.15) is 0 Å². The van der Waals surface area contributed by atoms with Crippen molar-refractivity contribution in [3.63, 3.8) is 0 Å². The van der Waals surface area contributed by atoms with Crippen molar-refractivity contribution in [2.75, 3.05) is 12.4 Å². The number of carbonyl (C=O) groups excluding carboxylic acids is 1. The summed E-state index contributed by atoms with van der Waals surface area (Å²) in [7, 11) is 1.59. The molecule has 2 aromatic rings. The molecular formula is C16H15Cl2N3O3. The van der Waals surface area contributed by atoms with Crippen LogP contribution in [-0.2, 0) is 11.2 Å². The number of amides is 1. The first-order chi connectivity index (χ1) is 11.4. The first-order valence-corrected chi connectivity index (χ1v) is 7.77. The predicted octanol–water partition coefficient (Wildman–Crippen LogP) is 2.86. The lowest BCUT2D eigenvalue weighted by Gasteiger charge is -2.12. The van der Waals surface area contributed by atoms with Gasteiger partial charge in [-0.1, -0.05) is 35.3 Å². The Kier molecular flexibility index (Phi) is 6.14. The van der Waals surface area contributed by atoms with Gasteiger partial charge in [0, 0.05) is 18.1 Å². The summed E-state index contributed by atoms with van der Waals surface area (Å²) in [4.78, 5) is 27.1. The lowest BCUT2D eigenvalue weighted by molar-refractivity contribution is -0.139. The maximum atomic E-state index is 12.3. The third-order valence-corrected chi connectivity index (χ3v) is 3.95. The number of carboxylic acid groups (broad SMARTS) is 1. The fourth-order valence-corrected chi connectivity index (χ4v) is 2.63. The molecule has 0 saturated carbocycles. The quantitative estimate of drug-likeness (QED) is 0.729. The van der Waals surface area contributed by atoms with Crippen LogP contribution < -0.4 is 10.6 Å². The Morgan fingerprint density at radius 2 is 1.75 bits per heavy atom. The van der Waals surface area contributed by atoms with E-state index in [1.165, 1.54) is 12.4 Å². The van der Waals surface area contributed by atoms with Gasteiger partial charge in [0.25, 0.3) is 5.91 Å². The Bertz CT molecular complexity index is 730. The van der Waals surface area contributed by atoms with Gasteiger partial charge in [-0.05, 0) is 31.2 Å². The van der Waals surface area contributed by atoms with Crippen LogP contribution >= 0.6 is 23.2 Å². The van der Waals surface area contributed by atoms with E-state index in [-0.39, 0.29) is 15.6 Å². The number of aliphatic carboxylic acids is 1. The number of aromatic nitrogens is 1. The van der Waals surface area contributed by atoms with Crippen LogP contribution in [0, 0.1) is 0 Å². The number of nitrogens with one attached hydrogen (secondary N) is 2. The molecule has 0 unspecified atom stereocenters. The van der Waals surface area contributed by atoms with Crippen molar-refractivity contribution in [1.82, 2.24) is 10.3 Å². The highest BCUT2D eigenvalue weighted by Crippen LogP contribution is 2.24. The number of halogens is 2. The van der Waals surface area contributed by atoms with Gasteiger partial charge in [0.2, 0.25) is 0 Å². The van der Waals surface area contributed by atoms with Crippen LogP contribution in [0.3, 0.4) is 0 Å². The van der Waals surface area contributed by atoms with Crippen LogP contribution in [0.25, 0.3) is 0 Å². The van der Waals surface area contributed by atoms with Gasteiger partial charge in [0.15, 0.2) is 0 Å². The summed E-state index contributed by atoms with van der Waals surface area (Å²) in [5, 5.41) is 14.8. The van der Waals surface area contributed by atoms with E-state index in [0.717, 1.165) is 5.56 Å². The highest BCUT2D eigenvalue weighted by molar-refractivity contribution is 6.40. The summed E-state index contributed by atoms with van der Waals surface area (Å²) in [6.45, 7) is 0. The minimum atomic E-state index is -0.920. The standard InChI is InChI=1S/C16H15Cl2N3O3/c1-19-13(16(23)24)6-9-2-4-10(5-3-9)21-15(22)14-11(17)7-20-8-12(14)18/h2-5,7-8,13,19H,6H2,1H3,(H,21,22)(H,23,24)/t13-/m0/s1. The predicted molar refractivity (Wildman–Crippen MR) is 92.8 cm³/mol. The Morgan fingerprint density at radius 1 is 1.17 bits per heavy atom. The van der Waals surface area contributed by atoms with Crippen molar-refractivity contribution >= 4 is 40.8 Å². The first kappa shape index (κ1) is 18.2. The highest BCUT2D eigenvalue weighted by Gasteiger charge is 2.17. The average Bonchev–Trinajstić information content (AvgIpc) is 2.53. The number of carbonyl (C=O) groups is 2. The Hall–Kier alpha value is -2.15. The summed E-state index contributed by atoms with van der Waals surface area (Å²) in [5.41, 5.74) is 1.53. The molecule has 24 heavy (non-hydrogen) atoms. The zero-order valence-corrected chi connectivity index (χ0v) is 14.2. The van der Waals surface area contributed by atoms with Gasteiger partial charge in [-0.25, -0.2) is 0 Å². The largest absolute Gasteiger partial charge is 0.480 e. The number of pyridine rings is 1. The SMILES string of the molecule is CN[C@@H](Cc1ccc(NC(=O)c2c(Cl)cncc2Cl)cc1)C(=O)O. The second kappa shape index (κ2) is 8.10. The number of rotatable bonds is 6. The van der Waals surface area contributed by atoms with Gasteiger partial charge in [-0.3, -0.25) is 14.6 Å². The fraction of sp³-hybridized carbons (Fsp3) is 0.188. The van der Waals surface area contributed by atoms with Crippen LogP contribution in [0.2, 0.25) is 10.0 Å². The van der Waals surface area contributed by atoms with Crippen LogP contribution in [-0.4, -0.2) is 35.1 Å². The summed E-state index contributed by atoms with van der Waals surface area (Å²) in [5.74, 6) is -1.37. The molecule has 2 rings (SSSR count). The topological polar surface area (TPSA) is 91.3 Å². The van der Waals surface area contributed by atoms with Gasteiger partial charge < -0.3 is 15.7 Å². The Balaban J connectivity index is 2.09. The van der Waals surface area contributed by atoms with Crippen molar-refractivity contribution in [1.29, 1.82) is 0 Å². The monoisotopic (exact) mass is 367 g/mol. The minimum absolute atomic E-state index is 0.151. The summed E-state index contributed by atoms with van der Waals surface area (Å²) in [6.07, 6.45) is 3.02. The molecule has 1 amide bonds. The molecule has 1 atom stereocenters. The van der Waals surface area contributed by atoms with Crippen molar-refractivity contribution in [3.8, 4) is 0 Å². The lowest BCUT2D eigenvalue weighted by Crippen LogP contribution is -2.35. The van der Waals surface area contributed by atoms with Crippen LogP contribution in [0.4, 0.5) is 5.69 Å². The molecule has 0 aliphatic heterocycles.